The van der Waals surface area contributed by atoms with E-state index in [9.17, 15) is 5.11 Å². The lowest BCUT2D eigenvalue weighted by atomic mass is 10.1. The lowest BCUT2D eigenvalue weighted by Gasteiger charge is -2.28. The maximum atomic E-state index is 9.50. The highest BCUT2D eigenvalue weighted by Crippen LogP contribution is 2.12. The Kier molecular flexibility index (Phi) is 3.33. The van der Waals surface area contributed by atoms with Gasteiger partial charge in [0.2, 0.25) is 5.89 Å². The van der Waals surface area contributed by atoms with E-state index in [0.29, 0.717) is 12.4 Å². The van der Waals surface area contributed by atoms with Gasteiger partial charge in [0, 0.05) is 13.0 Å². The second kappa shape index (κ2) is 4.72. The molecule has 0 amide bonds. The predicted octanol–water partition coefficient (Wildman–Crippen LogP) is 0.589. The van der Waals surface area contributed by atoms with Crippen LogP contribution in [0, 0.1) is 0 Å². The first-order chi connectivity index (χ1) is 7.28. The van der Waals surface area contributed by atoms with E-state index in [0.717, 1.165) is 38.2 Å². The van der Waals surface area contributed by atoms with E-state index in [4.69, 9.17) is 4.52 Å². The summed E-state index contributed by atoms with van der Waals surface area (Å²) in [5.41, 5.74) is 0. The fraction of sp³-hybridized carbons (Fsp3) is 0.800. The summed E-state index contributed by atoms with van der Waals surface area (Å²) in [7, 11) is 0. The fourth-order valence-electron chi connectivity index (χ4n) is 1.87. The Morgan fingerprint density at radius 1 is 1.60 bits per heavy atom. The highest BCUT2D eigenvalue weighted by atomic mass is 16.5. The van der Waals surface area contributed by atoms with Gasteiger partial charge in [-0.1, -0.05) is 12.1 Å². The largest absolute Gasteiger partial charge is 0.392 e. The lowest BCUT2D eigenvalue weighted by Crippen LogP contribution is -2.37. The van der Waals surface area contributed by atoms with E-state index in [2.05, 4.69) is 15.0 Å². The molecule has 15 heavy (non-hydrogen) atoms. The van der Waals surface area contributed by atoms with Crippen molar-refractivity contribution in [2.45, 2.75) is 38.8 Å². The number of aliphatic hydroxyl groups is 1. The molecule has 1 aromatic rings. The molecule has 2 heterocycles. The van der Waals surface area contributed by atoms with Gasteiger partial charge in [0.15, 0.2) is 5.82 Å². The molecule has 0 spiro atoms. The van der Waals surface area contributed by atoms with Crippen molar-refractivity contribution < 1.29 is 9.63 Å². The maximum Gasteiger partial charge on any atom is 0.226 e. The van der Waals surface area contributed by atoms with Gasteiger partial charge in [0.1, 0.15) is 0 Å². The summed E-state index contributed by atoms with van der Waals surface area (Å²) in [6.45, 7) is 4.39. The third kappa shape index (κ3) is 2.76. The fourth-order valence-corrected chi connectivity index (χ4v) is 1.87. The van der Waals surface area contributed by atoms with Crippen molar-refractivity contribution in [3.63, 3.8) is 0 Å². The Morgan fingerprint density at radius 3 is 3.13 bits per heavy atom. The van der Waals surface area contributed by atoms with Crippen LogP contribution in [0.2, 0.25) is 0 Å². The number of piperidine rings is 1. The van der Waals surface area contributed by atoms with Crippen LogP contribution in [-0.2, 0) is 13.0 Å². The van der Waals surface area contributed by atoms with E-state index in [1.54, 1.807) is 0 Å². The highest BCUT2D eigenvalue weighted by Gasteiger charge is 2.19. The molecule has 2 rings (SSSR count). The van der Waals surface area contributed by atoms with E-state index in [-0.39, 0.29) is 6.10 Å². The number of aliphatic hydroxyl groups excluding tert-OH is 1. The van der Waals surface area contributed by atoms with E-state index in [1.165, 1.54) is 0 Å². The van der Waals surface area contributed by atoms with Crippen molar-refractivity contribution >= 4 is 0 Å². The molecule has 1 atom stereocenters. The summed E-state index contributed by atoms with van der Waals surface area (Å²) in [6, 6.07) is 0. The molecule has 84 valence electrons. The van der Waals surface area contributed by atoms with Gasteiger partial charge in [-0.15, -0.1) is 0 Å². The summed E-state index contributed by atoms with van der Waals surface area (Å²) >= 11 is 0. The van der Waals surface area contributed by atoms with Gasteiger partial charge in [-0.3, -0.25) is 4.90 Å². The Bertz CT molecular complexity index is 313. The molecule has 1 aliphatic rings. The molecular formula is C10H17N3O2. The molecular weight excluding hydrogens is 194 g/mol. The van der Waals surface area contributed by atoms with Crippen molar-refractivity contribution in [1.82, 2.24) is 15.0 Å². The minimum Gasteiger partial charge on any atom is -0.392 e. The zero-order chi connectivity index (χ0) is 10.7. The summed E-state index contributed by atoms with van der Waals surface area (Å²) < 4.78 is 5.03. The van der Waals surface area contributed by atoms with E-state index < -0.39 is 0 Å². The molecule has 0 saturated carbocycles. The zero-order valence-electron chi connectivity index (χ0n) is 9.02. The minimum atomic E-state index is -0.198. The van der Waals surface area contributed by atoms with E-state index in [1.807, 2.05) is 6.92 Å². The van der Waals surface area contributed by atoms with Gasteiger partial charge in [0.05, 0.1) is 12.6 Å². The molecule has 1 aromatic heterocycles. The smallest absolute Gasteiger partial charge is 0.226 e. The minimum absolute atomic E-state index is 0.198. The van der Waals surface area contributed by atoms with Crippen molar-refractivity contribution in [2.75, 3.05) is 13.1 Å². The van der Waals surface area contributed by atoms with Gasteiger partial charge in [-0.25, -0.2) is 0 Å². The van der Waals surface area contributed by atoms with Crippen molar-refractivity contribution in [2.24, 2.45) is 0 Å². The van der Waals surface area contributed by atoms with Gasteiger partial charge in [-0.05, 0) is 19.4 Å². The average molecular weight is 211 g/mol. The molecule has 1 saturated heterocycles. The summed E-state index contributed by atoms with van der Waals surface area (Å²) in [4.78, 5) is 6.41. The number of hydrogen-bond donors (Lipinski definition) is 1. The monoisotopic (exact) mass is 211 g/mol. The SMILES string of the molecule is CCc1nc(CN2CCCC(O)C2)no1. The highest BCUT2D eigenvalue weighted by molar-refractivity contribution is 4.87. The topological polar surface area (TPSA) is 62.4 Å². The Morgan fingerprint density at radius 2 is 2.47 bits per heavy atom. The van der Waals surface area contributed by atoms with Crippen molar-refractivity contribution in [1.29, 1.82) is 0 Å². The first kappa shape index (κ1) is 10.6. The van der Waals surface area contributed by atoms with Gasteiger partial charge < -0.3 is 9.63 Å². The van der Waals surface area contributed by atoms with Gasteiger partial charge in [0.25, 0.3) is 0 Å². The Hall–Kier alpha value is -0.940. The molecule has 5 nitrogen and oxygen atoms in total. The standard InChI is InChI=1S/C10H17N3O2/c1-2-10-11-9(12-15-10)7-13-5-3-4-8(14)6-13/h8,14H,2-7H2,1H3. The van der Waals surface area contributed by atoms with Crippen LogP contribution in [0.1, 0.15) is 31.5 Å². The second-order valence-electron chi connectivity index (χ2n) is 3.99. The van der Waals surface area contributed by atoms with Crippen LogP contribution in [0.4, 0.5) is 0 Å². The zero-order valence-corrected chi connectivity index (χ0v) is 9.02. The van der Waals surface area contributed by atoms with Crippen LogP contribution in [0.25, 0.3) is 0 Å². The second-order valence-corrected chi connectivity index (χ2v) is 3.99. The van der Waals surface area contributed by atoms with Crippen LogP contribution in [0.5, 0.6) is 0 Å². The first-order valence-corrected chi connectivity index (χ1v) is 5.50. The number of likely N-dealkylation sites (tertiary alicyclic amines) is 1. The first-order valence-electron chi connectivity index (χ1n) is 5.50. The number of rotatable bonds is 3. The van der Waals surface area contributed by atoms with Crippen LogP contribution in [0.3, 0.4) is 0 Å². The molecule has 1 N–H and O–H groups in total. The molecule has 1 fully saturated rings. The molecule has 0 bridgehead atoms. The molecule has 1 unspecified atom stereocenters. The van der Waals surface area contributed by atoms with Gasteiger partial charge in [-0.2, -0.15) is 4.98 Å². The van der Waals surface area contributed by atoms with Gasteiger partial charge >= 0.3 is 0 Å². The third-order valence-corrected chi connectivity index (χ3v) is 2.66. The molecule has 0 aromatic carbocycles. The normalized spacial score (nSPS) is 23.2. The van der Waals surface area contributed by atoms with Crippen molar-refractivity contribution in [3.05, 3.63) is 11.7 Å². The molecule has 0 aliphatic carbocycles. The number of β-amino-alcohol motifs (C(OH)–C–C–N with tert-alkyl or cyclic N) is 1. The van der Waals surface area contributed by atoms with E-state index >= 15 is 0 Å². The summed E-state index contributed by atoms with van der Waals surface area (Å²) in [5.74, 6) is 1.41. The quantitative estimate of drug-likeness (QED) is 0.792. The van der Waals surface area contributed by atoms with Crippen molar-refractivity contribution in [3.8, 4) is 0 Å². The Balaban J connectivity index is 1.90. The molecule has 5 heteroatoms. The average Bonchev–Trinajstić information content (AvgIpc) is 2.65. The number of nitrogens with zero attached hydrogens (tertiary/aromatic N) is 3. The predicted molar refractivity (Wildman–Crippen MR) is 54.2 cm³/mol. The maximum absolute atomic E-state index is 9.50. The van der Waals surface area contributed by atoms with Crippen LogP contribution in [0.15, 0.2) is 4.52 Å². The van der Waals surface area contributed by atoms with Crippen LogP contribution in [-0.4, -0.2) is 39.3 Å². The third-order valence-electron chi connectivity index (χ3n) is 2.66. The van der Waals surface area contributed by atoms with Crippen LogP contribution < -0.4 is 0 Å². The molecule has 1 aliphatic heterocycles. The van der Waals surface area contributed by atoms with Crippen LogP contribution >= 0.6 is 0 Å². The number of hydrogen-bond acceptors (Lipinski definition) is 5. The lowest BCUT2D eigenvalue weighted by molar-refractivity contribution is 0.0651. The molecule has 0 radical (unpaired) electrons. The Labute approximate surface area is 89.1 Å². The summed E-state index contributed by atoms with van der Waals surface area (Å²) in [5, 5.41) is 13.4. The number of aromatic nitrogens is 2. The number of aryl methyl sites for hydroxylation is 1. The summed E-state index contributed by atoms with van der Waals surface area (Å²) in [6.07, 6.45) is 2.52.